The van der Waals surface area contributed by atoms with E-state index in [4.69, 9.17) is 4.42 Å². The van der Waals surface area contributed by atoms with Crippen LogP contribution in [0.2, 0.25) is 0 Å². The highest BCUT2D eigenvalue weighted by atomic mass is 32.2. The number of piperidine rings is 1. The summed E-state index contributed by atoms with van der Waals surface area (Å²) in [5.41, 5.74) is 3.96. The molecule has 2 unspecified atom stereocenters. The molecule has 1 aliphatic heterocycles. The molecule has 0 saturated carbocycles. The third-order valence-electron chi connectivity index (χ3n) is 7.39. The number of anilines is 1. The number of hydrogen-bond acceptors (Lipinski definition) is 6. The Morgan fingerprint density at radius 2 is 1.83 bits per heavy atom. The van der Waals surface area contributed by atoms with E-state index < -0.39 is 26.6 Å². The van der Waals surface area contributed by atoms with E-state index in [1.165, 1.54) is 38.3 Å². The van der Waals surface area contributed by atoms with Gasteiger partial charge in [0.2, 0.25) is 15.7 Å². The lowest BCUT2D eigenvalue weighted by molar-refractivity contribution is 0.137. The summed E-state index contributed by atoms with van der Waals surface area (Å²) in [6, 6.07) is 14.0. The zero-order valence-corrected chi connectivity index (χ0v) is 20.3. The van der Waals surface area contributed by atoms with Gasteiger partial charge in [0.1, 0.15) is 0 Å². The van der Waals surface area contributed by atoms with Crippen LogP contribution in [0.5, 0.6) is 0 Å². The van der Waals surface area contributed by atoms with Crippen LogP contribution in [0.4, 0.5) is 10.1 Å². The third-order valence-corrected chi connectivity index (χ3v) is 9.57. The quantitative estimate of drug-likeness (QED) is 0.426. The molecule has 2 aliphatic rings. The Kier molecular flexibility index (Phi) is 5.21. The van der Waals surface area contributed by atoms with Gasteiger partial charge in [-0.2, -0.15) is 0 Å². The van der Waals surface area contributed by atoms with Crippen LogP contribution in [0.3, 0.4) is 0 Å². The number of benzene rings is 2. The van der Waals surface area contributed by atoms with Crippen molar-refractivity contribution in [1.82, 2.24) is 15.2 Å². The van der Waals surface area contributed by atoms with Gasteiger partial charge in [-0.05, 0) is 68.0 Å². The lowest BCUT2D eigenvalue weighted by atomic mass is 9.98. The van der Waals surface area contributed by atoms with Gasteiger partial charge in [0.15, 0.2) is 0 Å². The first-order valence-corrected chi connectivity index (χ1v) is 13.5. The number of fused-ring (bicyclic) bond motifs is 3. The standard InChI is InChI=1S/C26H27FN4O3S/c1-17-29-30-25(34-17)26(27,35(32,33)20-8-4-2-5-9-20)18-14-21-22-16-19(31-12-6-3-7-13-31)10-11-23(22)28-24(21)15-18/h2,4-5,8-11,16,18,28H,3,6-7,12-15H2,1H3. The van der Waals surface area contributed by atoms with Gasteiger partial charge in [-0.1, -0.05) is 18.2 Å². The Hall–Kier alpha value is -3.20. The molecule has 0 spiro atoms. The Labute approximate surface area is 203 Å². The maximum atomic E-state index is 17.1. The number of aromatic nitrogens is 3. The monoisotopic (exact) mass is 494 g/mol. The highest BCUT2D eigenvalue weighted by molar-refractivity contribution is 7.92. The molecule has 0 bridgehead atoms. The second-order valence-corrected chi connectivity index (χ2v) is 11.6. The fraction of sp³-hybridized carbons (Fsp3) is 0.385. The number of aromatic amines is 1. The normalized spacial score (nSPS) is 20.2. The molecule has 2 aromatic heterocycles. The molecule has 6 rings (SSSR count). The largest absolute Gasteiger partial charge is 0.421 e. The maximum Gasteiger partial charge on any atom is 0.294 e. The summed E-state index contributed by atoms with van der Waals surface area (Å²) >= 11 is 0. The van der Waals surface area contributed by atoms with Crippen molar-refractivity contribution in [3.8, 4) is 0 Å². The van der Waals surface area contributed by atoms with Crippen LogP contribution in [-0.4, -0.2) is 36.7 Å². The minimum Gasteiger partial charge on any atom is -0.421 e. The summed E-state index contributed by atoms with van der Waals surface area (Å²) < 4.78 is 50.0. The van der Waals surface area contributed by atoms with E-state index >= 15 is 4.39 Å². The summed E-state index contributed by atoms with van der Waals surface area (Å²) in [6.07, 6.45) is 4.09. The van der Waals surface area contributed by atoms with Crippen LogP contribution < -0.4 is 4.90 Å². The Morgan fingerprint density at radius 1 is 1.06 bits per heavy atom. The van der Waals surface area contributed by atoms with Crippen molar-refractivity contribution in [1.29, 1.82) is 0 Å². The summed E-state index contributed by atoms with van der Waals surface area (Å²) in [5, 5.41) is 5.76. The Morgan fingerprint density at radius 3 is 2.54 bits per heavy atom. The molecule has 1 saturated heterocycles. The molecule has 0 radical (unpaired) electrons. The fourth-order valence-electron chi connectivity index (χ4n) is 5.59. The Balaban J connectivity index is 1.42. The summed E-state index contributed by atoms with van der Waals surface area (Å²) in [4.78, 5) is 5.69. The molecule has 1 N–H and O–H groups in total. The number of H-pyrrole nitrogens is 1. The molecule has 35 heavy (non-hydrogen) atoms. The zero-order chi connectivity index (χ0) is 24.2. The fourth-order valence-corrected chi connectivity index (χ4v) is 7.37. The van der Waals surface area contributed by atoms with Crippen LogP contribution >= 0.6 is 0 Å². The molecule has 2 atom stereocenters. The first-order chi connectivity index (χ1) is 16.9. The summed E-state index contributed by atoms with van der Waals surface area (Å²) in [7, 11) is -4.48. The van der Waals surface area contributed by atoms with E-state index in [2.05, 4.69) is 38.3 Å². The van der Waals surface area contributed by atoms with Crippen molar-refractivity contribution in [2.45, 2.75) is 48.9 Å². The van der Waals surface area contributed by atoms with E-state index in [0.717, 1.165) is 40.9 Å². The first-order valence-electron chi connectivity index (χ1n) is 12.1. The SMILES string of the molecule is Cc1nnc(C(F)(C2Cc3[nH]c4ccc(N5CCCCC5)cc4c3C2)S(=O)(=O)c2ccccc2)o1. The number of nitrogens with one attached hydrogen (secondary N) is 1. The third kappa shape index (κ3) is 3.47. The predicted molar refractivity (Wildman–Crippen MR) is 131 cm³/mol. The molecule has 4 aromatic rings. The number of sulfone groups is 1. The molecule has 2 aromatic carbocycles. The summed E-state index contributed by atoms with van der Waals surface area (Å²) in [6.45, 7) is 3.58. The molecular formula is C26H27FN4O3S. The Bertz CT molecular complexity index is 1490. The molecule has 1 aliphatic carbocycles. The first kappa shape index (κ1) is 22.3. The van der Waals surface area contributed by atoms with Gasteiger partial charge >= 0.3 is 0 Å². The minimum absolute atomic E-state index is 0.105. The molecule has 7 nitrogen and oxygen atoms in total. The number of hydrogen-bond donors (Lipinski definition) is 1. The van der Waals surface area contributed by atoms with Crippen molar-refractivity contribution >= 4 is 26.4 Å². The van der Waals surface area contributed by atoms with E-state index in [1.807, 2.05) is 0 Å². The smallest absolute Gasteiger partial charge is 0.294 e. The number of alkyl halides is 1. The molecular weight excluding hydrogens is 467 g/mol. The van der Waals surface area contributed by atoms with E-state index in [-0.39, 0.29) is 23.6 Å². The van der Waals surface area contributed by atoms with Crippen LogP contribution in [0.25, 0.3) is 10.9 Å². The molecule has 182 valence electrons. The van der Waals surface area contributed by atoms with Gasteiger partial charge < -0.3 is 14.3 Å². The molecule has 9 heteroatoms. The van der Waals surface area contributed by atoms with Gasteiger partial charge in [-0.15, -0.1) is 10.2 Å². The van der Waals surface area contributed by atoms with Gasteiger partial charge in [0, 0.05) is 48.2 Å². The number of nitrogens with zero attached hydrogens (tertiary/aromatic N) is 3. The van der Waals surface area contributed by atoms with Crippen LogP contribution in [0, 0.1) is 12.8 Å². The van der Waals surface area contributed by atoms with Gasteiger partial charge in [-0.25, -0.2) is 12.8 Å². The topological polar surface area (TPSA) is 92.1 Å². The summed E-state index contributed by atoms with van der Waals surface area (Å²) in [5.74, 6) is -1.29. The molecule has 1 fully saturated rings. The van der Waals surface area contributed by atoms with Crippen LogP contribution in [-0.2, 0) is 27.7 Å². The minimum atomic E-state index is -4.48. The second kappa shape index (κ2) is 8.19. The van der Waals surface area contributed by atoms with Gasteiger partial charge in [0.05, 0.1) is 4.90 Å². The predicted octanol–water partition coefficient (Wildman–Crippen LogP) is 4.86. The van der Waals surface area contributed by atoms with Crippen molar-refractivity contribution in [2.24, 2.45) is 5.92 Å². The average molecular weight is 495 g/mol. The van der Waals surface area contributed by atoms with E-state index in [9.17, 15) is 8.42 Å². The van der Waals surface area contributed by atoms with Crippen molar-refractivity contribution in [3.63, 3.8) is 0 Å². The van der Waals surface area contributed by atoms with E-state index in [1.54, 1.807) is 18.2 Å². The molecule has 3 heterocycles. The zero-order valence-electron chi connectivity index (χ0n) is 19.5. The number of rotatable bonds is 5. The van der Waals surface area contributed by atoms with Crippen LogP contribution in [0.15, 0.2) is 57.8 Å². The van der Waals surface area contributed by atoms with Crippen LogP contribution in [0.1, 0.15) is 42.3 Å². The highest BCUT2D eigenvalue weighted by Gasteiger charge is 2.59. The van der Waals surface area contributed by atoms with Crippen molar-refractivity contribution in [3.05, 3.63) is 71.6 Å². The average Bonchev–Trinajstić information content (AvgIpc) is 3.59. The van der Waals surface area contributed by atoms with Gasteiger partial charge in [-0.3, -0.25) is 0 Å². The maximum absolute atomic E-state index is 17.1. The number of aryl methyl sites for hydroxylation is 1. The van der Waals surface area contributed by atoms with Gasteiger partial charge in [0.25, 0.3) is 10.9 Å². The van der Waals surface area contributed by atoms with Crippen molar-refractivity contribution < 1.29 is 17.2 Å². The highest BCUT2D eigenvalue weighted by Crippen LogP contribution is 2.49. The van der Waals surface area contributed by atoms with E-state index in [0.29, 0.717) is 0 Å². The second-order valence-electron chi connectivity index (χ2n) is 9.55. The molecule has 0 amide bonds. The lowest BCUT2D eigenvalue weighted by Gasteiger charge is -2.29. The lowest BCUT2D eigenvalue weighted by Crippen LogP contribution is -2.40. The van der Waals surface area contributed by atoms with Crippen molar-refractivity contribution in [2.75, 3.05) is 18.0 Å². The number of halogens is 1.